The summed E-state index contributed by atoms with van der Waals surface area (Å²) in [6.07, 6.45) is 3.93. The lowest BCUT2D eigenvalue weighted by Gasteiger charge is -2.10. The zero-order valence-electron chi connectivity index (χ0n) is 13.9. The van der Waals surface area contributed by atoms with Gasteiger partial charge in [-0.1, -0.05) is 30.3 Å². The van der Waals surface area contributed by atoms with Gasteiger partial charge < -0.3 is 0 Å². The fourth-order valence-electron chi connectivity index (χ4n) is 3.28. The molecule has 0 N–H and O–H groups in total. The number of pyridine rings is 2. The van der Waals surface area contributed by atoms with Crippen molar-refractivity contribution in [3.63, 3.8) is 0 Å². The molecule has 4 rings (SSSR count). The van der Waals surface area contributed by atoms with Crippen molar-refractivity contribution in [2.75, 3.05) is 0 Å². The maximum atomic E-state index is 4.46. The molecule has 0 spiro atoms. The molecule has 0 radical (unpaired) electrons. The van der Waals surface area contributed by atoms with Crippen LogP contribution in [0.5, 0.6) is 0 Å². The molecule has 0 aliphatic heterocycles. The summed E-state index contributed by atoms with van der Waals surface area (Å²) in [5, 5.41) is 1.19. The first-order valence-corrected chi connectivity index (χ1v) is 8.14. The van der Waals surface area contributed by atoms with Crippen LogP contribution < -0.4 is 4.57 Å². The molecule has 0 saturated heterocycles. The molecule has 2 aromatic carbocycles. The first-order valence-electron chi connectivity index (χ1n) is 8.14. The molecule has 2 heterocycles. The van der Waals surface area contributed by atoms with E-state index in [1.807, 2.05) is 12.3 Å². The second-order valence-electron chi connectivity index (χ2n) is 6.10. The van der Waals surface area contributed by atoms with Gasteiger partial charge in [0.2, 0.25) is 5.69 Å². The Balaban J connectivity index is 1.87. The molecular weight excluding hydrogens is 292 g/mol. The van der Waals surface area contributed by atoms with Gasteiger partial charge in [-0.15, -0.1) is 0 Å². The van der Waals surface area contributed by atoms with Crippen LogP contribution >= 0.6 is 0 Å². The van der Waals surface area contributed by atoms with Crippen molar-refractivity contribution < 1.29 is 4.57 Å². The van der Waals surface area contributed by atoms with E-state index in [0.717, 1.165) is 5.52 Å². The maximum absolute atomic E-state index is 4.46. The number of fused-ring (bicyclic) bond motifs is 1. The van der Waals surface area contributed by atoms with Gasteiger partial charge in [-0.3, -0.25) is 4.98 Å². The molecular formula is C22H19N2+. The summed E-state index contributed by atoms with van der Waals surface area (Å²) in [6, 6.07) is 23.4. The summed E-state index contributed by atoms with van der Waals surface area (Å²) in [6.45, 7) is 2.18. The molecule has 0 aliphatic rings. The average Bonchev–Trinajstić information content (AvgIpc) is 2.62. The molecule has 0 fully saturated rings. The molecule has 0 bridgehead atoms. The lowest BCUT2D eigenvalue weighted by atomic mass is 9.95. The second kappa shape index (κ2) is 5.89. The summed E-state index contributed by atoms with van der Waals surface area (Å²) >= 11 is 0. The van der Waals surface area contributed by atoms with Gasteiger partial charge in [0.1, 0.15) is 7.05 Å². The smallest absolute Gasteiger partial charge is 0.212 e. The lowest BCUT2D eigenvalue weighted by Crippen LogP contribution is -2.30. The van der Waals surface area contributed by atoms with E-state index < -0.39 is 0 Å². The van der Waals surface area contributed by atoms with Gasteiger partial charge in [0.25, 0.3) is 0 Å². The van der Waals surface area contributed by atoms with Crippen molar-refractivity contribution >= 4 is 10.9 Å². The van der Waals surface area contributed by atoms with E-state index in [2.05, 4.69) is 90.4 Å². The lowest BCUT2D eigenvalue weighted by molar-refractivity contribution is -0.660. The van der Waals surface area contributed by atoms with Crippen LogP contribution in [0.4, 0.5) is 0 Å². The Morgan fingerprint density at radius 2 is 1.75 bits per heavy atom. The van der Waals surface area contributed by atoms with Gasteiger partial charge >= 0.3 is 0 Å². The molecule has 24 heavy (non-hydrogen) atoms. The topological polar surface area (TPSA) is 16.8 Å². The highest BCUT2D eigenvalue weighted by molar-refractivity contribution is 5.94. The Bertz CT molecular complexity index is 1030. The second-order valence-corrected chi connectivity index (χ2v) is 6.10. The average molecular weight is 311 g/mol. The van der Waals surface area contributed by atoms with Crippen molar-refractivity contribution in [1.29, 1.82) is 0 Å². The highest BCUT2D eigenvalue weighted by atomic mass is 14.9. The Hall–Kier alpha value is -3.00. The third kappa shape index (κ3) is 2.46. The van der Waals surface area contributed by atoms with E-state index in [4.69, 9.17) is 0 Å². The number of aromatic nitrogens is 2. The van der Waals surface area contributed by atoms with E-state index in [1.165, 1.54) is 33.3 Å². The molecule has 2 heteroatoms. The van der Waals surface area contributed by atoms with E-state index in [1.54, 1.807) is 0 Å². The van der Waals surface area contributed by atoms with Crippen LogP contribution in [0.25, 0.3) is 33.3 Å². The molecule has 0 aliphatic carbocycles. The van der Waals surface area contributed by atoms with Crippen LogP contribution in [0.15, 0.2) is 79.1 Å². The zero-order valence-corrected chi connectivity index (χ0v) is 13.9. The van der Waals surface area contributed by atoms with E-state index >= 15 is 0 Å². The first kappa shape index (κ1) is 14.6. The Morgan fingerprint density at radius 1 is 0.833 bits per heavy atom. The Kier molecular flexibility index (Phi) is 3.58. The summed E-state index contributed by atoms with van der Waals surface area (Å²) in [5.74, 6) is 0. The Labute approximate surface area is 142 Å². The monoisotopic (exact) mass is 311 g/mol. The SMILES string of the molecule is Cc1cc(-c2cccc3ncccc23)ccc1-c1cccc[n+]1C. The maximum Gasteiger partial charge on any atom is 0.212 e. The fourth-order valence-corrected chi connectivity index (χ4v) is 3.28. The van der Waals surface area contributed by atoms with E-state index in [9.17, 15) is 0 Å². The summed E-state index contributed by atoms with van der Waals surface area (Å²) in [7, 11) is 2.08. The van der Waals surface area contributed by atoms with Crippen molar-refractivity contribution in [3.8, 4) is 22.4 Å². The highest BCUT2D eigenvalue weighted by Crippen LogP contribution is 2.31. The number of aryl methyl sites for hydroxylation is 2. The number of rotatable bonds is 2. The molecule has 2 nitrogen and oxygen atoms in total. The van der Waals surface area contributed by atoms with Gasteiger partial charge in [0, 0.05) is 29.3 Å². The molecule has 4 aromatic rings. The molecule has 116 valence electrons. The van der Waals surface area contributed by atoms with Gasteiger partial charge in [-0.25, -0.2) is 4.57 Å². The fraction of sp³-hybridized carbons (Fsp3) is 0.0909. The van der Waals surface area contributed by atoms with Gasteiger partial charge in [-0.05, 0) is 47.9 Å². The number of benzene rings is 2. The van der Waals surface area contributed by atoms with Gasteiger partial charge in [0.05, 0.1) is 5.52 Å². The van der Waals surface area contributed by atoms with Crippen molar-refractivity contribution in [2.45, 2.75) is 6.92 Å². The predicted molar refractivity (Wildman–Crippen MR) is 98.5 cm³/mol. The van der Waals surface area contributed by atoms with Crippen LogP contribution in [0.2, 0.25) is 0 Å². The molecule has 0 unspecified atom stereocenters. The largest absolute Gasteiger partial charge is 0.256 e. The van der Waals surface area contributed by atoms with Crippen LogP contribution in [-0.2, 0) is 7.05 Å². The van der Waals surface area contributed by atoms with Crippen LogP contribution in [0.1, 0.15) is 5.56 Å². The molecule has 2 aromatic heterocycles. The van der Waals surface area contributed by atoms with Gasteiger partial charge in [-0.2, -0.15) is 0 Å². The van der Waals surface area contributed by atoms with E-state index in [0.29, 0.717) is 0 Å². The molecule has 0 saturated carbocycles. The third-order valence-corrected chi connectivity index (χ3v) is 4.51. The minimum atomic E-state index is 1.03. The zero-order chi connectivity index (χ0) is 16.5. The van der Waals surface area contributed by atoms with Crippen molar-refractivity contribution in [1.82, 2.24) is 4.98 Å². The number of hydrogen-bond donors (Lipinski definition) is 0. The predicted octanol–water partition coefficient (Wildman–Crippen LogP) is 4.70. The Morgan fingerprint density at radius 3 is 2.58 bits per heavy atom. The van der Waals surface area contributed by atoms with Crippen LogP contribution in [0.3, 0.4) is 0 Å². The first-order chi connectivity index (χ1) is 11.7. The summed E-state index contributed by atoms with van der Waals surface area (Å²) in [5.41, 5.74) is 7.25. The summed E-state index contributed by atoms with van der Waals surface area (Å²) < 4.78 is 2.16. The number of hydrogen-bond acceptors (Lipinski definition) is 1. The highest BCUT2D eigenvalue weighted by Gasteiger charge is 2.12. The van der Waals surface area contributed by atoms with Crippen molar-refractivity contribution in [3.05, 3.63) is 84.7 Å². The van der Waals surface area contributed by atoms with Gasteiger partial charge in [0.15, 0.2) is 6.20 Å². The number of nitrogens with zero attached hydrogens (tertiary/aromatic N) is 2. The van der Waals surface area contributed by atoms with Crippen LogP contribution in [-0.4, -0.2) is 4.98 Å². The summed E-state index contributed by atoms with van der Waals surface area (Å²) in [4.78, 5) is 4.46. The minimum Gasteiger partial charge on any atom is -0.256 e. The minimum absolute atomic E-state index is 1.03. The standard InChI is InChI=1S/C22H19N2/c1-16-15-17(11-12-18(16)22-10-3-4-14-24(22)2)19-7-5-9-21-20(19)8-6-13-23-21/h3-15H,1-2H3/q+1. The van der Waals surface area contributed by atoms with Crippen LogP contribution in [0, 0.1) is 6.92 Å². The van der Waals surface area contributed by atoms with E-state index in [-0.39, 0.29) is 0 Å². The molecule has 0 amide bonds. The molecule has 0 atom stereocenters. The quantitative estimate of drug-likeness (QED) is 0.490. The third-order valence-electron chi connectivity index (χ3n) is 4.51. The van der Waals surface area contributed by atoms with Crippen molar-refractivity contribution in [2.24, 2.45) is 7.05 Å². The normalized spacial score (nSPS) is 10.9.